The largest absolute Gasteiger partial charge is 0.390 e. The van der Waals surface area contributed by atoms with Gasteiger partial charge in [-0.1, -0.05) is 47.3 Å². The first-order valence-corrected chi connectivity index (χ1v) is 8.54. The third-order valence-electron chi connectivity index (χ3n) is 4.19. The highest BCUT2D eigenvalue weighted by atomic mass is 79.9. The molecule has 1 saturated carbocycles. The summed E-state index contributed by atoms with van der Waals surface area (Å²) in [5, 5.41) is 10.6. The van der Waals surface area contributed by atoms with E-state index < -0.39 is 6.10 Å². The van der Waals surface area contributed by atoms with Gasteiger partial charge in [-0.05, 0) is 43.4 Å². The van der Waals surface area contributed by atoms with Gasteiger partial charge in [0.2, 0.25) is 0 Å². The zero-order chi connectivity index (χ0) is 14.4. The number of aliphatic hydroxyl groups excluding tert-OH is 1. The van der Waals surface area contributed by atoms with Gasteiger partial charge in [0.05, 0.1) is 12.2 Å². The van der Waals surface area contributed by atoms with E-state index in [-0.39, 0.29) is 6.10 Å². The molecule has 0 aliphatic heterocycles. The van der Waals surface area contributed by atoms with Crippen molar-refractivity contribution < 1.29 is 9.84 Å². The van der Waals surface area contributed by atoms with Crippen LogP contribution in [0.1, 0.15) is 44.6 Å². The van der Waals surface area contributed by atoms with Gasteiger partial charge in [-0.15, -0.1) is 0 Å². The van der Waals surface area contributed by atoms with Crippen LogP contribution in [0.5, 0.6) is 0 Å². The summed E-state index contributed by atoms with van der Waals surface area (Å²) in [5.74, 6) is 0.519. The van der Waals surface area contributed by atoms with Crippen molar-refractivity contribution >= 4 is 15.9 Å². The van der Waals surface area contributed by atoms with E-state index in [2.05, 4.69) is 28.1 Å². The second kappa shape index (κ2) is 8.16. The fourth-order valence-corrected chi connectivity index (χ4v) is 3.68. The number of ether oxygens (including phenoxy) is 1. The summed E-state index contributed by atoms with van der Waals surface area (Å²) in [4.78, 5) is 0. The Morgan fingerprint density at radius 3 is 2.70 bits per heavy atom. The molecule has 1 aliphatic carbocycles. The predicted molar refractivity (Wildman–Crippen MR) is 85.8 cm³/mol. The Balaban J connectivity index is 2.00. The summed E-state index contributed by atoms with van der Waals surface area (Å²) in [6.07, 6.45) is 6.51. The van der Waals surface area contributed by atoms with Crippen molar-refractivity contribution in [1.82, 2.24) is 0 Å². The van der Waals surface area contributed by atoms with E-state index >= 15 is 0 Å². The molecule has 0 amide bonds. The van der Waals surface area contributed by atoms with Crippen LogP contribution in [0.4, 0.5) is 0 Å². The molecule has 20 heavy (non-hydrogen) atoms. The molecule has 1 aromatic rings. The van der Waals surface area contributed by atoms with Crippen LogP contribution < -0.4 is 0 Å². The molecule has 1 aliphatic rings. The van der Waals surface area contributed by atoms with Gasteiger partial charge in [0.15, 0.2) is 0 Å². The van der Waals surface area contributed by atoms with E-state index in [1.165, 1.54) is 32.1 Å². The van der Waals surface area contributed by atoms with E-state index in [1.807, 2.05) is 19.1 Å². The lowest BCUT2D eigenvalue weighted by molar-refractivity contribution is -0.0715. The molecule has 0 aromatic heterocycles. The molecule has 0 saturated heterocycles. The summed E-state index contributed by atoms with van der Waals surface area (Å²) < 4.78 is 6.95. The number of halogens is 1. The SMILES string of the molecule is CCOC(C(O)Cc1cccc(Br)c1)C1CCCCC1. The van der Waals surface area contributed by atoms with Gasteiger partial charge in [0.1, 0.15) is 0 Å². The average Bonchev–Trinajstić information content (AvgIpc) is 2.45. The Bertz CT molecular complexity index is 402. The van der Waals surface area contributed by atoms with E-state index in [1.54, 1.807) is 0 Å². The molecule has 2 rings (SSSR count). The Labute approximate surface area is 130 Å². The lowest BCUT2D eigenvalue weighted by Crippen LogP contribution is -2.38. The molecule has 0 spiro atoms. The first-order valence-electron chi connectivity index (χ1n) is 7.74. The van der Waals surface area contributed by atoms with Crippen LogP contribution in [0.25, 0.3) is 0 Å². The van der Waals surface area contributed by atoms with Crippen molar-refractivity contribution in [3.05, 3.63) is 34.3 Å². The van der Waals surface area contributed by atoms with Crippen LogP contribution in [0.2, 0.25) is 0 Å². The topological polar surface area (TPSA) is 29.5 Å². The number of rotatable bonds is 6. The van der Waals surface area contributed by atoms with E-state index in [0.717, 1.165) is 10.0 Å². The summed E-state index contributed by atoms with van der Waals surface area (Å²) in [6.45, 7) is 2.69. The maximum atomic E-state index is 10.6. The summed E-state index contributed by atoms with van der Waals surface area (Å²) in [7, 11) is 0. The molecule has 3 heteroatoms. The van der Waals surface area contributed by atoms with Crippen molar-refractivity contribution in [3.8, 4) is 0 Å². The van der Waals surface area contributed by atoms with Crippen molar-refractivity contribution in [3.63, 3.8) is 0 Å². The Hall–Kier alpha value is -0.380. The fourth-order valence-electron chi connectivity index (χ4n) is 3.24. The zero-order valence-corrected chi connectivity index (χ0v) is 13.8. The maximum absolute atomic E-state index is 10.6. The quantitative estimate of drug-likeness (QED) is 0.834. The lowest BCUT2D eigenvalue weighted by Gasteiger charge is -2.33. The number of hydrogen-bond acceptors (Lipinski definition) is 2. The number of aliphatic hydroxyl groups is 1. The maximum Gasteiger partial charge on any atom is 0.0865 e. The number of hydrogen-bond donors (Lipinski definition) is 1. The van der Waals surface area contributed by atoms with Gasteiger partial charge < -0.3 is 9.84 Å². The highest BCUT2D eigenvalue weighted by molar-refractivity contribution is 9.10. The van der Waals surface area contributed by atoms with E-state index in [9.17, 15) is 5.11 Å². The van der Waals surface area contributed by atoms with Crippen molar-refractivity contribution in [2.75, 3.05) is 6.61 Å². The van der Waals surface area contributed by atoms with Crippen molar-refractivity contribution in [1.29, 1.82) is 0 Å². The molecule has 112 valence electrons. The van der Waals surface area contributed by atoms with Crippen LogP contribution in [0.3, 0.4) is 0 Å². The first-order chi connectivity index (χ1) is 9.70. The third kappa shape index (κ3) is 4.57. The van der Waals surface area contributed by atoms with Gasteiger partial charge in [-0.3, -0.25) is 0 Å². The van der Waals surface area contributed by atoms with Gasteiger partial charge in [-0.2, -0.15) is 0 Å². The normalized spacial score (nSPS) is 19.8. The first kappa shape index (κ1) is 16.0. The Morgan fingerprint density at radius 2 is 2.05 bits per heavy atom. The monoisotopic (exact) mass is 340 g/mol. The smallest absolute Gasteiger partial charge is 0.0865 e. The van der Waals surface area contributed by atoms with Crippen LogP contribution in [-0.2, 0) is 11.2 Å². The summed E-state index contributed by atoms with van der Waals surface area (Å²) in [6, 6.07) is 8.17. The standard InChI is InChI=1S/C17H25BrO2/c1-2-20-17(14-8-4-3-5-9-14)16(19)12-13-7-6-10-15(18)11-13/h6-7,10-11,14,16-17,19H,2-5,8-9,12H2,1H3. The molecule has 1 N–H and O–H groups in total. The highest BCUT2D eigenvalue weighted by Crippen LogP contribution is 2.30. The molecule has 0 bridgehead atoms. The molecule has 1 fully saturated rings. The average molecular weight is 341 g/mol. The van der Waals surface area contributed by atoms with Crippen LogP contribution in [0, 0.1) is 5.92 Å². The lowest BCUT2D eigenvalue weighted by atomic mass is 9.82. The zero-order valence-electron chi connectivity index (χ0n) is 12.2. The minimum absolute atomic E-state index is 0.0146. The van der Waals surface area contributed by atoms with Crippen molar-refractivity contribution in [2.45, 2.75) is 57.7 Å². The summed E-state index contributed by atoms with van der Waals surface area (Å²) in [5.41, 5.74) is 1.16. The molecular weight excluding hydrogens is 316 g/mol. The Morgan fingerprint density at radius 1 is 1.30 bits per heavy atom. The predicted octanol–water partition coefficient (Wildman–Crippen LogP) is 4.34. The van der Waals surface area contributed by atoms with E-state index in [4.69, 9.17) is 4.74 Å². The van der Waals surface area contributed by atoms with Gasteiger partial charge in [0, 0.05) is 17.5 Å². The Kier molecular flexibility index (Phi) is 6.53. The molecule has 0 heterocycles. The van der Waals surface area contributed by atoms with Crippen LogP contribution in [0.15, 0.2) is 28.7 Å². The minimum Gasteiger partial charge on any atom is -0.390 e. The van der Waals surface area contributed by atoms with Gasteiger partial charge in [0.25, 0.3) is 0 Å². The van der Waals surface area contributed by atoms with Crippen molar-refractivity contribution in [2.24, 2.45) is 5.92 Å². The highest BCUT2D eigenvalue weighted by Gasteiger charge is 2.30. The molecule has 2 unspecified atom stereocenters. The number of benzene rings is 1. The molecular formula is C17H25BrO2. The van der Waals surface area contributed by atoms with Crippen LogP contribution in [-0.4, -0.2) is 23.9 Å². The van der Waals surface area contributed by atoms with Gasteiger partial charge in [-0.25, -0.2) is 0 Å². The second-order valence-electron chi connectivity index (χ2n) is 5.72. The third-order valence-corrected chi connectivity index (χ3v) is 4.68. The molecule has 0 radical (unpaired) electrons. The van der Waals surface area contributed by atoms with Gasteiger partial charge >= 0.3 is 0 Å². The second-order valence-corrected chi connectivity index (χ2v) is 6.64. The summed E-state index contributed by atoms with van der Waals surface area (Å²) >= 11 is 3.48. The van der Waals surface area contributed by atoms with E-state index in [0.29, 0.717) is 18.9 Å². The minimum atomic E-state index is -0.410. The van der Waals surface area contributed by atoms with Crippen LogP contribution >= 0.6 is 15.9 Å². The molecule has 2 nitrogen and oxygen atoms in total. The molecule has 1 aromatic carbocycles. The fraction of sp³-hybridized carbons (Fsp3) is 0.647. The molecule has 2 atom stereocenters.